The first kappa shape index (κ1) is 13.9. The maximum atomic E-state index is 12.0. The van der Waals surface area contributed by atoms with Gasteiger partial charge in [-0.25, -0.2) is 4.79 Å². The number of halogens is 1. The molecule has 20 heavy (non-hydrogen) atoms. The van der Waals surface area contributed by atoms with Crippen LogP contribution in [0.5, 0.6) is 0 Å². The highest BCUT2D eigenvalue weighted by Gasteiger charge is 2.23. The average molecular weight is 341 g/mol. The van der Waals surface area contributed by atoms with Crippen LogP contribution in [-0.2, 0) is 11.4 Å². The van der Waals surface area contributed by atoms with Gasteiger partial charge in [0.25, 0.3) is 0 Å². The highest BCUT2D eigenvalue weighted by molar-refractivity contribution is 9.10. The van der Waals surface area contributed by atoms with E-state index in [1.54, 1.807) is 4.57 Å². The molecule has 3 rings (SSSR count). The van der Waals surface area contributed by atoms with Crippen molar-refractivity contribution in [3.63, 3.8) is 0 Å². The molecule has 1 aliphatic rings. The van der Waals surface area contributed by atoms with Gasteiger partial charge in [0.05, 0.1) is 24.4 Å². The standard InChI is InChI=1S/C14H17BrN2O3/c1-9-6-16(7-10(2)19-9)8-17-12-4-3-11(15)5-13(12)20-14(17)18/h3-5,9-10H,6-8H2,1-2H3/t9-,10+. The van der Waals surface area contributed by atoms with Crippen molar-refractivity contribution < 1.29 is 9.15 Å². The van der Waals surface area contributed by atoms with Crippen LogP contribution in [-0.4, -0.2) is 34.8 Å². The van der Waals surface area contributed by atoms with Crippen LogP contribution in [0.4, 0.5) is 0 Å². The summed E-state index contributed by atoms with van der Waals surface area (Å²) in [5.74, 6) is -0.315. The molecule has 0 unspecified atom stereocenters. The summed E-state index contributed by atoms with van der Waals surface area (Å²) in [6.45, 7) is 6.28. The molecule has 0 amide bonds. The summed E-state index contributed by atoms with van der Waals surface area (Å²) >= 11 is 3.38. The molecule has 1 aliphatic heterocycles. The molecule has 2 heterocycles. The highest BCUT2D eigenvalue weighted by Crippen LogP contribution is 2.20. The Hall–Kier alpha value is -1.11. The molecular formula is C14H17BrN2O3. The summed E-state index contributed by atoms with van der Waals surface area (Å²) in [4.78, 5) is 14.2. The molecule has 0 aliphatic carbocycles. The highest BCUT2D eigenvalue weighted by atomic mass is 79.9. The third kappa shape index (κ3) is 2.68. The smallest absolute Gasteiger partial charge is 0.408 e. The largest absolute Gasteiger partial charge is 0.421 e. The third-order valence-electron chi connectivity index (χ3n) is 3.47. The van der Waals surface area contributed by atoms with Crippen LogP contribution < -0.4 is 5.76 Å². The van der Waals surface area contributed by atoms with Crippen molar-refractivity contribution in [3.8, 4) is 0 Å². The second kappa shape index (κ2) is 5.35. The molecule has 1 saturated heterocycles. The zero-order valence-corrected chi connectivity index (χ0v) is 13.1. The fraction of sp³-hybridized carbons (Fsp3) is 0.500. The molecule has 5 nitrogen and oxygen atoms in total. The molecule has 0 N–H and O–H groups in total. The van der Waals surface area contributed by atoms with Gasteiger partial charge >= 0.3 is 5.76 Å². The Morgan fingerprint density at radius 2 is 2.00 bits per heavy atom. The van der Waals surface area contributed by atoms with Crippen molar-refractivity contribution in [1.29, 1.82) is 0 Å². The number of hydrogen-bond donors (Lipinski definition) is 0. The van der Waals surface area contributed by atoms with Gasteiger partial charge in [0, 0.05) is 17.6 Å². The first-order chi connectivity index (χ1) is 9.52. The Balaban J connectivity index is 1.91. The molecule has 0 spiro atoms. The summed E-state index contributed by atoms with van der Waals surface area (Å²) in [7, 11) is 0. The number of ether oxygens (including phenoxy) is 1. The summed E-state index contributed by atoms with van der Waals surface area (Å²) in [5.41, 5.74) is 1.43. The van der Waals surface area contributed by atoms with E-state index in [2.05, 4.69) is 34.7 Å². The van der Waals surface area contributed by atoms with Crippen molar-refractivity contribution in [2.24, 2.45) is 0 Å². The van der Waals surface area contributed by atoms with Crippen molar-refractivity contribution in [1.82, 2.24) is 9.47 Å². The van der Waals surface area contributed by atoms with Crippen molar-refractivity contribution in [3.05, 3.63) is 33.2 Å². The number of fused-ring (bicyclic) bond motifs is 1. The molecule has 0 bridgehead atoms. The quantitative estimate of drug-likeness (QED) is 0.842. The van der Waals surface area contributed by atoms with E-state index in [4.69, 9.17) is 9.15 Å². The van der Waals surface area contributed by atoms with Crippen molar-refractivity contribution in [2.75, 3.05) is 13.1 Å². The Bertz CT molecular complexity index is 669. The SMILES string of the molecule is C[C@@H]1CN(Cn2c(=O)oc3cc(Br)ccc32)C[C@H](C)O1. The van der Waals surface area contributed by atoms with Gasteiger partial charge in [-0.2, -0.15) is 0 Å². The van der Waals surface area contributed by atoms with E-state index < -0.39 is 0 Å². The zero-order valence-electron chi connectivity index (χ0n) is 11.5. The van der Waals surface area contributed by atoms with E-state index in [9.17, 15) is 4.79 Å². The third-order valence-corrected chi connectivity index (χ3v) is 3.96. The molecule has 1 aromatic carbocycles. The number of rotatable bonds is 2. The lowest BCUT2D eigenvalue weighted by Crippen LogP contribution is -2.46. The molecule has 6 heteroatoms. The Labute approximate surface area is 125 Å². The molecule has 1 aromatic heterocycles. The van der Waals surface area contributed by atoms with E-state index >= 15 is 0 Å². The average Bonchev–Trinajstić information content (AvgIpc) is 2.64. The molecule has 0 saturated carbocycles. The van der Waals surface area contributed by atoms with Crippen LogP contribution >= 0.6 is 15.9 Å². The van der Waals surface area contributed by atoms with E-state index in [0.29, 0.717) is 12.3 Å². The number of benzene rings is 1. The zero-order chi connectivity index (χ0) is 14.3. The summed E-state index contributed by atoms with van der Waals surface area (Å²) in [6, 6.07) is 5.63. The van der Waals surface area contributed by atoms with Gasteiger partial charge in [-0.05, 0) is 32.0 Å². The predicted molar refractivity (Wildman–Crippen MR) is 79.8 cm³/mol. The lowest BCUT2D eigenvalue weighted by Gasteiger charge is -2.35. The number of hydrogen-bond acceptors (Lipinski definition) is 4. The van der Waals surface area contributed by atoms with E-state index in [-0.39, 0.29) is 18.0 Å². The normalized spacial score (nSPS) is 24.4. The van der Waals surface area contributed by atoms with E-state index in [1.807, 2.05) is 18.2 Å². The fourth-order valence-corrected chi connectivity index (χ4v) is 3.11. The van der Waals surface area contributed by atoms with Gasteiger partial charge in [-0.15, -0.1) is 0 Å². The minimum Gasteiger partial charge on any atom is -0.408 e. The van der Waals surface area contributed by atoms with Crippen LogP contribution in [0.2, 0.25) is 0 Å². The number of oxazole rings is 1. The number of nitrogens with zero attached hydrogens (tertiary/aromatic N) is 2. The van der Waals surface area contributed by atoms with Gasteiger partial charge in [0.15, 0.2) is 5.58 Å². The summed E-state index contributed by atoms with van der Waals surface area (Å²) < 4.78 is 13.6. The minimum absolute atomic E-state index is 0.182. The van der Waals surface area contributed by atoms with Crippen LogP contribution in [0.1, 0.15) is 13.8 Å². The first-order valence-electron chi connectivity index (χ1n) is 6.69. The number of aromatic nitrogens is 1. The molecular weight excluding hydrogens is 324 g/mol. The molecule has 0 radical (unpaired) electrons. The number of morpholine rings is 1. The van der Waals surface area contributed by atoms with Crippen LogP contribution in [0.3, 0.4) is 0 Å². The van der Waals surface area contributed by atoms with Crippen molar-refractivity contribution >= 4 is 27.0 Å². The molecule has 2 atom stereocenters. The maximum Gasteiger partial charge on any atom is 0.421 e. The summed E-state index contributed by atoms with van der Waals surface area (Å²) in [6.07, 6.45) is 0.364. The van der Waals surface area contributed by atoms with Gasteiger partial charge in [0.1, 0.15) is 0 Å². The van der Waals surface area contributed by atoms with Crippen LogP contribution in [0.15, 0.2) is 31.9 Å². The van der Waals surface area contributed by atoms with E-state index in [1.165, 1.54) is 0 Å². The lowest BCUT2D eigenvalue weighted by atomic mass is 10.2. The fourth-order valence-electron chi connectivity index (χ4n) is 2.77. The van der Waals surface area contributed by atoms with Gasteiger partial charge < -0.3 is 9.15 Å². The van der Waals surface area contributed by atoms with Crippen molar-refractivity contribution in [2.45, 2.75) is 32.7 Å². The second-order valence-electron chi connectivity index (χ2n) is 5.34. The second-order valence-corrected chi connectivity index (χ2v) is 6.26. The summed E-state index contributed by atoms with van der Waals surface area (Å²) in [5, 5.41) is 0. The minimum atomic E-state index is -0.315. The molecule has 2 aromatic rings. The molecule has 108 valence electrons. The Morgan fingerprint density at radius 1 is 1.30 bits per heavy atom. The molecule has 1 fully saturated rings. The van der Waals surface area contributed by atoms with Gasteiger partial charge in [-0.3, -0.25) is 9.47 Å². The predicted octanol–water partition coefficient (Wildman–Crippen LogP) is 2.42. The first-order valence-corrected chi connectivity index (χ1v) is 7.49. The van der Waals surface area contributed by atoms with Gasteiger partial charge in [-0.1, -0.05) is 15.9 Å². The topological polar surface area (TPSA) is 47.6 Å². The maximum absolute atomic E-state index is 12.0. The monoisotopic (exact) mass is 340 g/mol. The van der Waals surface area contributed by atoms with E-state index in [0.717, 1.165) is 23.1 Å². The Kier molecular flexibility index (Phi) is 3.70. The van der Waals surface area contributed by atoms with Crippen LogP contribution in [0.25, 0.3) is 11.1 Å². The lowest BCUT2D eigenvalue weighted by molar-refractivity contribution is -0.0766. The Morgan fingerprint density at radius 3 is 2.70 bits per heavy atom. The van der Waals surface area contributed by atoms with Crippen LogP contribution in [0, 0.1) is 0 Å². The van der Waals surface area contributed by atoms with Gasteiger partial charge in [0.2, 0.25) is 0 Å².